The van der Waals surface area contributed by atoms with Crippen LogP contribution >= 0.6 is 23.2 Å². The molecule has 2 aliphatic rings. The Hall–Kier alpha value is -1.87. The highest BCUT2D eigenvalue weighted by molar-refractivity contribution is 6.43. The summed E-state index contributed by atoms with van der Waals surface area (Å²) in [5.41, 5.74) is 2.35. The first-order chi connectivity index (χ1) is 13.0. The second-order valence-corrected chi connectivity index (χ2v) is 7.95. The van der Waals surface area contributed by atoms with Gasteiger partial charge in [-0.2, -0.15) is 5.26 Å². The van der Waals surface area contributed by atoms with Crippen LogP contribution in [0.5, 0.6) is 0 Å². The average Bonchev–Trinajstić information content (AvgIpc) is 3.13. The van der Waals surface area contributed by atoms with Crippen LogP contribution < -0.4 is 4.90 Å². The minimum atomic E-state index is 0.0278. The molecule has 2 fully saturated rings. The molecule has 7 heteroatoms. The Morgan fingerprint density at radius 1 is 1.19 bits per heavy atom. The van der Waals surface area contributed by atoms with E-state index in [9.17, 15) is 5.26 Å². The Kier molecular flexibility index (Phi) is 4.98. The number of ether oxygens (including phenoxy) is 1. The largest absolute Gasteiger partial charge is 0.375 e. The van der Waals surface area contributed by atoms with Crippen LogP contribution in [0.1, 0.15) is 37.1 Å². The van der Waals surface area contributed by atoms with Gasteiger partial charge in [0, 0.05) is 25.3 Å². The second-order valence-electron chi connectivity index (χ2n) is 7.17. The van der Waals surface area contributed by atoms with E-state index in [1.807, 2.05) is 19.1 Å². The summed E-state index contributed by atoms with van der Waals surface area (Å²) in [5, 5.41) is 10.6. The molecule has 0 N–H and O–H groups in total. The minimum absolute atomic E-state index is 0.0278. The first-order valence-electron chi connectivity index (χ1n) is 9.15. The molecule has 27 heavy (non-hydrogen) atoms. The number of aryl methyl sites for hydroxylation is 1. The number of hydrogen-bond donors (Lipinski definition) is 0. The van der Waals surface area contributed by atoms with Gasteiger partial charge in [-0.1, -0.05) is 35.3 Å². The molecule has 1 aromatic carbocycles. The molecule has 0 bridgehead atoms. The summed E-state index contributed by atoms with van der Waals surface area (Å²) >= 11 is 12.5. The molecule has 1 aromatic heterocycles. The van der Waals surface area contributed by atoms with E-state index in [1.165, 1.54) is 0 Å². The van der Waals surface area contributed by atoms with E-state index >= 15 is 0 Å². The summed E-state index contributed by atoms with van der Waals surface area (Å²) in [6, 6.07) is 7.59. The van der Waals surface area contributed by atoms with Crippen molar-refractivity contribution in [3.05, 3.63) is 39.6 Å². The molecule has 2 saturated heterocycles. The summed E-state index contributed by atoms with van der Waals surface area (Å²) < 4.78 is 5.99. The maximum atomic E-state index is 9.68. The Morgan fingerprint density at radius 2 is 1.96 bits per heavy atom. The summed E-state index contributed by atoms with van der Waals surface area (Å²) in [4.78, 5) is 11.5. The topological polar surface area (TPSA) is 62.0 Å². The van der Waals surface area contributed by atoms with Gasteiger partial charge in [-0.3, -0.25) is 0 Å². The van der Waals surface area contributed by atoms with Crippen LogP contribution in [0.15, 0.2) is 18.2 Å². The number of halogens is 2. The van der Waals surface area contributed by atoms with Gasteiger partial charge >= 0.3 is 0 Å². The van der Waals surface area contributed by atoms with Gasteiger partial charge < -0.3 is 9.64 Å². The van der Waals surface area contributed by atoms with Gasteiger partial charge in [0.25, 0.3) is 0 Å². The van der Waals surface area contributed by atoms with E-state index < -0.39 is 0 Å². The molecule has 140 valence electrons. The first-order valence-corrected chi connectivity index (χ1v) is 9.91. The maximum absolute atomic E-state index is 9.68. The van der Waals surface area contributed by atoms with Gasteiger partial charge in [0.1, 0.15) is 6.07 Å². The fraction of sp³-hybridized carbons (Fsp3) is 0.450. The van der Waals surface area contributed by atoms with Gasteiger partial charge in [-0.25, -0.2) is 9.97 Å². The van der Waals surface area contributed by atoms with Crippen molar-refractivity contribution in [3.63, 3.8) is 0 Å². The lowest BCUT2D eigenvalue weighted by Crippen LogP contribution is -2.44. The van der Waals surface area contributed by atoms with Crippen LogP contribution in [-0.2, 0) is 4.74 Å². The zero-order chi connectivity index (χ0) is 19.0. The normalized spacial score (nSPS) is 18.7. The second kappa shape index (κ2) is 7.27. The van der Waals surface area contributed by atoms with Crippen LogP contribution in [-0.4, -0.2) is 35.3 Å². The predicted octanol–water partition coefficient (Wildman–Crippen LogP) is 4.78. The van der Waals surface area contributed by atoms with Crippen molar-refractivity contribution in [3.8, 4) is 17.3 Å². The van der Waals surface area contributed by atoms with Crippen molar-refractivity contribution in [1.82, 2.24) is 9.97 Å². The molecule has 0 radical (unpaired) electrons. The van der Waals surface area contributed by atoms with E-state index in [0.29, 0.717) is 32.8 Å². The van der Waals surface area contributed by atoms with Crippen LogP contribution in [0, 0.1) is 18.3 Å². The summed E-state index contributed by atoms with van der Waals surface area (Å²) in [7, 11) is 0. The van der Waals surface area contributed by atoms with E-state index in [0.717, 1.165) is 51.1 Å². The minimum Gasteiger partial charge on any atom is -0.375 e. The summed E-state index contributed by atoms with van der Waals surface area (Å²) in [6.45, 7) is 4.38. The van der Waals surface area contributed by atoms with E-state index in [1.54, 1.807) is 6.07 Å². The molecule has 4 rings (SSSR count). The summed E-state index contributed by atoms with van der Waals surface area (Å²) in [6.07, 6.45) is 4.18. The third-order valence-corrected chi connectivity index (χ3v) is 6.34. The van der Waals surface area contributed by atoms with Crippen molar-refractivity contribution in [2.75, 3.05) is 24.6 Å². The van der Waals surface area contributed by atoms with Crippen molar-refractivity contribution in [2.45, 2.75) is 38.2 Å². The highest BCUT2D eigenvalue weighted by Crippen LogP contribution is 2.38. The fourth-order valence-corrected chi connectivity index (χ4v) is 4.41. The number of aromatic nitrogens is 2. The first kappa shape index (κ1) is 18.5. The standard InChI is InChI=1S/C20H20Cl2N4O/c1-13-18(14-4-2-5-15(21)17(14)22)25-16(12-23)19(24-13)26-9-7-20(8-10-26)6-3-11-27-20/h2,4-5H,3,6-11H2,1H3. The van der Waals surface area contributed by atoms with Gasteiger partial charge in [-0.15, -0.1) is 0 Å². The van der Waals surface area contributed by atoms with Crippen LogP contribution in [0.25, 0.3) is 11.3 Å². The maximum Gasteiger partial charge on any atom is 0.183 e. The van der Waals surface area contributed by atoms with Gasteiger partial charge in [-0.05, 0) is 38.7 Å². The molecule has 0 aliphatic carbocycles. The number of nitrogens with zero attached hydrogens (tertiary/aromatic N) is 4. The molecule has 0 saturated carbocycles. The average molecular weight is 403 g/mol. The highest BCUT2D eigenvalue weighted by Gasteiger charge is 2.39. The van der Waals surface area contributed by atoms with Crippen LogP contribution in [0.2, 0.25) is 10.0 Å². The lowest BCUT2D eigenvalue weighted by molar-refractivity contribution is -0.0147. The Labute approximate surface area is 168 Å². The number of anilines is 1. The number of rotatable bonds is 2. The molecule has 0 amide bonds. The van der Waals surface area contributed by atoms with Crippen molar-refractivity contribution in [1.29, 1.82) is 5.26 Å². The number of piperidine rings is 1. The van der Waals surface area contributed by atoms with Crippen molar-refractivity contribution in [2.24, 2.45) is 0 Å². The van der Waals surface area contributed by atoms with E-state index in [2.05, 4.69) is 16.0 Å². The van der Waals surface area contributed by atoms with Crippen molar-refractivity contribution >= 4 is 29.0 Å². The number of benzene rings is 1. The molecule has 1 spiro atoms. The monoisotopic (exact) mass is 402 g/mol. The quantitative estimate of drug-likeness (QED) is 0.722. The SMILES string of the molecule is Cc1nc(N2CCC3(CCCO3)CC2)c(C#N)nc1-c1cccc(Cl)c1Cl. The zero-order valence-corrected chi connectivity index (χ0v) is 16.6. The lowest BCUT2D eigenvalue weighted by Gasteiger charge is -2.39. The van der Waals surface area contributed by atoms with Gasteiger partial charge in [0.2, 0.25) is 0 Å². The predicted molar refractivity (Wildman–Crippen MR) is 106 cm³/mol. The third-order valence-electron chi connectivity index (χ3n) is 5.52. The fourth-order valence-electron chi connectivity index (χ4n) is 4.02. The highest BCUT2D eigenvalue weighted by atomic mass is 35.5. The van der Waals surface area contributed by atoms with Crippen LogP contribution in [0.4, 0.5) is 5.82 Å². The number of nitriles is 1. The Balaban J connectivity index is 1.66. The summed E-state index contributed by atoms with van der Waals surface area (Å²) in [5.74, 6) is 0.643. The van der Waals surface area contributed by atoms with Crippen molar-refractivity contribution < 1.29 is 4.74 Å². The zero-order valence-electron chi connectivity index (χ0n) is 15.1. The van der Waals surface area contributed by atoms with Crippen LogP contribution in [0.3, 0.4) is 0 Å². The third kappa shape index (κ3) is 3.38. The van der Waals surface area contributed by atoms with Gasteiger partial charge in [0.05, 0.1) is 27.0 Å². The molecular weight excluding hydrogens is 383 g/mol. The molecular formula is C20H20Cl2N4O. The molecule has 3 heterocycles. The lowest BCUT2D eigenvalue weighted by atomic mass is 9.88. The molecule has 0 atom stereocenters. The Morgan fingerprint density at radius 3 is 2.63 bits per heavy atom. The Bertz CT molecular complexity index is 909. The molecule has 2 aliphatic heterocycles. The van der Waals surface area contributed by atoms with E-state index in [-0.39, 0.29) is 5.60 Å². The molecule has 2 aromatic rings. The number of hydrogen-bond acceptors (Lipinski definition) is 5. The smallest absolute Gasteiger partial charge is 0.183 e. The molecule has 5 nitrogen and oxygen atoms in total. The molecule has 0 unspecified atom stereocenters. The van der Waals surface area contributed by atoms with Gasteiger partial charge in [0.15, 0.2) is 11.5 Å². The van der Waals surface area contributed by atoms with E-state index in [4.69, 9.17) is 32.9 Å².